The number of hydrogen-bond acceptors (Lipinski definition) is 2. The molecule has 0 fully saturated rings. The number of para-hydroxylation sites is 1. The normalized spacial score (nSPS) is 11.8. The van der Waals surface area contributed by atoms with Gasteiger partial charge >= 0.3 is 0 Å². The van der Waals surface area contributed by atoms with Crippen LogP contribution in [0, 0.1) is 0 Å². The van der Waals surface area contributed by atoms with Gasteiger partial charge in [-0.15, -0.1) is 11.3 Å². The lowest BCUT2D eigenvalue weighted by molar-refractivity contribution is 0.669. The van der Waals surface area contributed by atoms with Crippen LogP contribution in [0.5, 0.6) is 0 Å². The molecule has 2 heterocycles. The fourth-order valence-electron chi connectivity index (χ4n) is 4.76. The predicted octanol–water partition coefficient (Wildman–Crippen LogP) is 9.29. The maximum atomic E-state index is 6.07. The van der Waals surface area contributed by atoms with E-state index in [2.05, 4.69) is 97.1 Å². The van der Waals surface area contributed by atoms with Gasteiger partial charge in [0.25, 0.3) is 0 Å². The molecule has 0 aliphatic carbocycles. The number of benzene rings is 5. The molecule has 0 aliphatic heterocycles. The van der Waals surface area contributed by atoms with Gasteiger partial charge in [0.2, 0.25) is 0 Å². The topological polar surface area (TPSA) is 13.1 Å². The van der Waals surface area contributed by atoms with Crippen LogP contribution in [0.3, 0.4) is 0 Å². The van der Waals surface area contributed by atoms with E-state index < -0.39 is 0 Å². The molecule has 0 radical (unpaired) electrons. The Morgan fingerprint density at radius 1 is 0.438 bits per heavy atom. The average molecular weight is 427 g/mol. The first-order valence-corrected chi connectivity index (χ1v) is 11.6. The SMILES string of the molecule is c1ccc(-c2cc3c(cc2-c2ccc4oc5ccccc5c4c2)sc2ccccc23)cc1. The molecule has 0 amide bonds. The van der Waals surface area contributed by atoms with Crippen molar-refractivity contribution in [2.45, 2.75) is 0 Å². The first-order valence-electron chi connectivity index (χ1n) is 10.8. The lowest BCUT2D eigenvalue weighted by atomic mass is 9.92. The van der Waals surface area contributed by atoms with Crippen LogP contribution in [0.15, 0.2) is 114 Å². The molecule has 0 saturated carbocycles. The Bertz CT molecular complexity index is 1770. The highest BCUT2D eigenvalue weighted by atomic mass is 32.1. The van der Waals surface area contributed by atoms with E-state index in [0.29, 0.717) is 0 Å². The van der Waals surface area contributed by atoms with Crippen molar-refractivity contribution in [1.29, 1.82) is 0 Å². The highest BCUT2D eigenvalue weighted by Gasteiger charge is 2.15. The van der Waals surface area contributed by atoms with Gasteiger partial charge in [0, 0.05) is 30.9 Å². The number of rotatable bonds is 2. The van der Waals surface area contributed by atoms with Crippen molar-refractivity contribution >= 4 is 53.4 Å². The van der Waals surface area contributed by atoms with Gasteiger partial charge in [-0.2, -0.15) is 0 Å². The lowest BCUT2D eigenvalue weighted by Crippen LogP contribution is -1.86. The molecule has 150 valence electrons. The summed E-state index contributed by atoms with van der Waals surface area (Å²) in [6.07, 6.45) is 0. The first kappa shape index (κ1) is 17.8. The number of furan rings is 1. The molecule has 2 heteroatoms. The second-order valence-electron chi connectivity index (χ2n) is 8.17. The largest absolute Gasteiger partial charge is 0.456 e. The Morgan fingerprint density at radius 2 is 1.16 bits per heavy atom. The Morgan fingerprint density at radius 3 is 2.06 bits per heavy atom. The van der Waals surface area contributed by atoms with Crippen LogP contribution in [0.4, 0.5) is 0 Å². The number of fused-ring (bicyclic) bond motifs is 6. The van der Waals surface area contributed by atoms with Crippen LogP contribution in [0.1, 0.15) is 0 Å². The summed E-state index contributed by atoms with van der Waals surface area (Å²) in [6, 6.07) is 39.0. The van der Waals surface area contributed by atoms with E-state index in [1.165, 1.54) is 42.4 Å². The van der Waals surface area contributed by atoms with Gasteiger partial charge in [0.05, 0.1) is 0 Å². The maximum Gasteiger partial charge on any atom is 0.135 e. The van der Waals surface area contributed by atoms with E-state index in [9.17, 15) is 0 Å². The Kier molecular flexibility index (Phi) is 3.78. The molecule has 7 rings (SSSR count). The van der Waals surface area contributed by atoms with Gasteiger partial charge in [-0.1, -0.05) is 72.8 Å². The van der Waals surface area contributed by atoms with E-state index in [1.54, 1.807) is 0 Å². The molecule has 1 nitrogen and oxygen atoms in total. The Labute approximate surface area is 189 Å². The summed E-state index contributed by atoms with van der Waals surface area (Å²) in [5.74, 6) is 0. The van der Waals surface area contributed by atoms with Gasteiger partial charge in [-0.25, -0.2) is 0 Å². The van der Waals surface area contributed by atoms with E-state index in [-0.39, 0.29) is 0 Å². The highest BCUT2D eigenvalue weighted by molar-refractivity contribution is 7.25. The monoisotopic (exact) mass is 426 g/mol. The van der Waals surface area contributed by atoms with Crippen LogP contribution >= 0.6 is 11.3 Å². The van der Waals surface area contributed by atoms with Crippen LogP contribution < -0.4 is 0 Å². The molecule has 0 aliphatic rings. The van der Waals surface area contributed by atoms with Crippen LogP contribution in [-0.4, -0.2) is 0 Å². The maximum absolute atomic E-state index is 6.07. The number of hydrogen-bond donors (Lipinski definition) is 0. The molecule has 0 saturated heterocycles. The second-order valence-corrected chi connectivity index (χ2v) is 9.25. The summed E-state index contributed by atoms with van der Waals surface area (Å²) in [5.41, 5.74) is 6.82. The molecule has 0 N–H and O–H groups in total. The summed E-state index contributed by atoms with van der Waals surface area (Å²) < 4.78 is 8.72. The predicted molar refractivity (Wildman–Crippen MR) is 137 cm³/mol. The molecular weight excluding hydrogens is 408 g/mol. The van der Waals surface area contributed by atoms with Crippen LogP contribution in [-0.2, 0) is 0 Å². The van der Waals surface area contributed by atoms with Crippen molar-refractivity contribution < 1.29 is 4.42 Å². The first-order chi connectivity index (χ1) is 15.8. The molecule has 0 bridgehead atoms. The van der Waals surface area contributed by atoms with E-state index >= 15 is 0 Å². The van der Waals surface area contributed by atoms with Gasteiger partial charge in [0.15, 0.2) is 0 Å². The molecule has 32 heavy (non-hydrogen) atoms. The molecule has 0 unspecified atom stereocenters. The van der Waals surface area contributed by atoms with Gasteiger partial charge in [-0.05, 0) is 58.7 Å². The molecule has 0 atom stereocenters. The van der Waals surface area contributed by atoms with Crippen molar-refractivity contribution in [1.82, 2.24) is 0 Å². The minimum atomic E-state index is 0.930. The zero-order valence-electron chi connectivity index (χ0n) is 17.2. The summed E-state index contributed by atoms with van der Waals surface area (Å²) in [7, 11) is 0. The van der Waals surface area contributed by atoms with E-state index in [1.807, 2.05) is 23.5 Å². The minimum Gasteiger partial charge on any atom is -0.456 e. The van der Waals surface area contributed by atoms with Gasteiger partial charge in [-0.3, -0.25) is 0 Å². The molecule has 0 spiro atoms. The third-order valence-corrected chi connectivity index (χ3v) is 7.42. The summed E-state index contributed by atoms with van der Waals surface area (Å²) in [6.45, 7) is 0. The lowest BCUT2D eigenvalue weighted by Gasteiger charge is -2.12. The van der Waals surface area contributed by atoms with Crippen molar-refractivity contribution in [3.8, 4) is 22.3 Å². The van der Waals surface area contributed by atoms with Crippen molar-refractivity contribution in [3.63, 3.8) is 0 Å². The number of thiophene rings is 1. The summed E-state index contributed by atoms with van der Waals surface area (Å²) in [5, 5.41) is 4.97. The fourth-order valence-corrected chi connectivity index (χ4v) is 5.89. The third-order valence-electron chi connectivity index (χ3n) is 6.29. The fraction of sp³-hybridized carbons (Fsp3) is 0. The van der Waals surface area contributed by atoms with Crippen LogP contribution in [0.2, 0.25) is 0 Å². The molecule has 5 aromatic carbocycles. The summed E-state index contributed by atoms with van der Waals surface area (Å²) in [4.78, 5) is 0. The quantitative estimate of drug-likeness (QED) is 0.268. The van der Waals surface area contributed by atoms with Crippen LogP contribution in [0.25, 0.3) is 64.4 Å². The standard InChI is InChI=1S/C30H18OS/c1-2-8-19(9-3-1)23-17-26-22-11-5-7-13-29(22)32-30(26)18-24(23)20-14-15-28-25(16-20)21-10-4-6-12-27(21)31-28/h1-18H. The van der Waals surface area contributed by atoms with E-state index in [4.69, 9.17) is 4.42 Å². The highest BCUT2D eigenvalue weighted by Crippen LogP contribution is 2.42. The van der Waals surface area contributed by atoms with E-state index in [0.717, 1.165) is 21.9 Å². The van der Waals surface area contributed by atoms with Crippen molar-refractivity contribution in [3.05, 3.63) is 109 Å². The Hall–Kier alpha value is -3.88. The minimum absolute atomic E-state index is 0.930. The van der Waals surface area contributed by atoms with Gasteiger partial charge < -0.3 is 4.42 Å². The van der Waals surface area contributed by atoms with Crippen molar-refractivity contribution in [2.75, 3.05) is 0 Å². The Balaban J connectivity index is 1.56. The molecular formula is C30H18OS. The average Bonchev–Trinajstić information content (AvgIpc) is 3.41. The zero-order chi connectivity index (χ0) is 21.1. The van der Waals surface area contributed by atoms with Crippen molar-refractivity contribution in [2.24, 2.45) is 0 Å². The summed E-state index contributed by atoms with van der Waals surface area (Å²) >= 11 is 1.86. The molecule has 2 aromatic heterocycles. The molecule has 7 aromatic rings. The second kappa shape index (κ2) is 6.81. The third kappa shape index (κ3) is 2.63. The zero-order valence-corrected chi connectivity index (χ0v) is 18.0. The smallest absolute Gasteiger partial charge is 0.135 e. The van der Waals surface area contributed by atoms with Gasteiger partial charge in [0.1, 0.15) is 11.2 Å².